The van der Waals surface area contributed by atoms with Gasteiger partial charge in [0.05, 0.1) is 5.52 Å². The molecule has 1 aromatic heterocycles. The van der Waals surface area contributed by atoms with E-state index >= 15 is 0 Å². The van der Waals surface area contributed by atoms with Crippen LogP contribution >= 0.6 is 0 Å². The molecule has 1 N–H and O–H groups in total. The van der Waals surface area contributed by atoms with E-state index in [4.69, 9.17) is 0 Å². The zero-order chi connectivity index (χ0) is 15.6. The lowest BCUT2D eigenvalue weighted by Crippen LogP contribution is -2.35. The molecule has 21 heavy (non-hydrogen) atoms. The van der Waals surface area contributed by atoms with Gasteiger partial charge in [0.15, 0.2) is 0 Å². The second-order valence-electron chi connectivity index (χ2n) is 5.46. The number of pyridine rings is 1. The summed E-state index contributed by atoms with van der Waals surface area (Å²) in [6, 6.07) is 5.82. The quantitative estimate of drug-likeness (QED) is 0.939. The standard InChI is InChI=1S/C17H22N2O2/c1-5-12(4)18-17(21)14-10-19(6-2)15-8-7-11(3)9-13(15)16(14)20/h7-10,12H,5-6H2,1-4H3,(H,18,21)/t12-/m1/s1. The maximum atomic E-state index is 12.6. The van der Waals surface area contributed by atoms with Crippen molar-refractivity contribution >= 4 is 16.8 Å². The van der Waals surface area contributed by atoms with Crippen LogP contribution in [0.3, 0.4) is 0 Å². The minimum atomic E-state index is -0.292. The van der Waals surface area contributed by atoms with E-state index in [1.165, 1.54) is 0 Å². The highest BCUT2D eigenvalue weighted by atomic mass is 16.2. The van der Waals surface area contributed by atoms with Crippen molar-refractivity contribution < 1.29 is 4.79 Å². The molecule has 2 rings (SSSR count). The highest BCUT2D eigenvalue weighted by molar-refractivity contribution is 5.97. The molecule has 0 saturated carbocycles. The number of benzene rings is 1. The Bertz CT molecular complexity index is 731. The molecule has 1 amide bonds. The average Bonchev–Trinajstić information content (AvgIpc) is 2.47. The molecule has 112 valence electrons. The van der Waals surface area contributed by atoms with Gasteiger partial charge in [0.2, 0.25) is 5.43 Å². The van der Waals surface area contributed by atoms with Gasteiger partial charge in [-0.1, -0.05) is 18.6 Å². The number of fused-ring (bicyclic) bond motifs is 1. The molecule has 1 aromatic carbocycles. The minimum Gasteiger partial charge on any atom is -0.349 e. The van der Waals surface area contributed by atoms with Gasteiger partial charge >= 0.3 is 0 Å². The van der Waals surface area contributed by atoms with E-state index in [9.17, 15) is 9.59 Å². The minimum absolute atomic E-state index is 0.0557. The maximum absolute atomic E-state index is 12.6. The molecule has 0 bridgehead atoms. The van der Waals surface area contributed by atoms with Crippen molar-refractivity contribution in [3.8, 4) is 0 Å². The predicted molar refractivity (Wildman–Crippen MR) is 85.8 cm³/mol. The molecule has 0 unspecified atom stereocenters. The van der Waals surface area contributed by atoms with Crippen LogP contribution in [-0.4, -0.2) is 16.5 Å². The number of amides is 1. The lowest BCUT2D eigenvalue weighted by atomic mass is 10.1. The molecule has 0 aliphatic rings. The van der Waals surface area contributed by atoms with Crippen molar-refractivity contribution in [2.45, 2.75) is 46.7 Å². The number of carbonyl (C=O) groups is 1. The van der Waals surface area contributed by atoms with Crippen molar-refractivity contribution in [1.82, 2.24) is 9.88 Å². The van der Waals surface area contributed by atoms with Gasteiger partial charge in [0.1, 0.15) is 5.56 Å². The van der Waals surface area contributed by atoms with Crippen molar-refractivity contribution in [2.24, 2.45) is 0 Å². The monoisotopic (exact) mass is 286 g/mol. The molecule has 0 fully saturated rings. The Balaban J connectivity index is 2.62. The van der Waals surface area contributed by atoms with Crippen LogP contribution in [0.5, 0.6) is 0 Å². The lowest BCUT2D eigenvalue weighted by molar-refractivity contribution is 0.0937. The van der Waals surface area contributed by atoms with Gasteiger partial charge in [-0.3, -0.25) is 9.59 Å². The van der Waals surface area contributed by atoms with E-state index in [1.54, 1.807) is 6.20 Å². The Morgan fingerprint density at radius 2 is 2.05 bits per heavy atom. The first-order chi connectivity index (χ1) is 9.97. The van der Waals surface area contributed by atoms with E-state index in [0.29, 0.717) is 11.9 Å². The summed E-state index contributed by atoms with van der Waals surface area (Å²) in [5.41, 5.74) is 1.91. The van der Waals surface area contributed by atoms with Crippen LogP contribution in [0.1, 0.15) is 43.1 Å². The molecular weight excluding hydrogens is 264 g/mol. The van der Waals surface area contributed by atoms with Crippen LogP contribution in [0.2, 0.25) is 0 Å². The SMILES string of the molecule is CC[C@@H](C)NC(=O)c1cn(CC)c2ccc(C)cc2c1=O. The summed E-state index contributed by atoms with van der Waals surface area (Å²) in [6.45, 7) is 8.59. The number of hydrogen-bond acceptors (Lipinski definition) is 2. The third-order valence-electron chi connectivity index (χ3n) is 3.81. The fourth-order valence-corrected chi connectivity index (χ4v) is 2.34. The molecule has 4 nitrogen and oxygen atoms in total. The molecule has 1 atom stereocenters. The number of nitrogens with zero attached hydrogens (tertiary/aromatic N) is 1. The number of carbonyl (C=O) groups excluding carboxylic acids is 1. The Labute approximate surface area is 124 Å². The van der Waals surface area contributed by atoms with E-state index in [-0.39, 0.29) is 22.9 Å². The topological polar surface area (TPSA) is 51.1 Å². The van der Waals surface area contributed by atoms with Crippen LogP contribution < -0.4 is 10.7 Å². The highest BCUT2D eigenvalue weighted by Gasteiger charge is 2.16. The van der Waals surface area contributed by atoms with Gasteiger partial charge < -0.3 is 9.88 Å². The van der Waals surface area contributed by atoms with Gasteiger partial charge in [-0.25, -0.2) is 0 Å². The first-order valence-electron chi connectivity index (χ1n) is 7.42. The van der Waals surface area contributed by atoms with E-state index in [0.717, 1.165) is 17.5 Å². The second-order valence-corrected chi connectivity index (χ2v) is 5.46. The zero-order valence-corrected chi connectivity index (χ0v) is 13.1. The van der Waals surface area contributed by atoms with Crippen molar-refractivity contribution in [3.63, 3.8) is 0 Å². The van der Waals surface area contributed by atoms with Gasteiger partial charge in [-0.15, -0.1) is 0 Å². The summed E-state index contributed by atoms with van der Waals surface area (Å²) in [6.07, 6.45) is 2.50. The smallest absolute Gasteiger partial charge is 0.256 e. The Morgan fingerprint density at radius 3 is 2.67 bits per heavy atom. The van der Waals surface area contributed by atoms with Gasteiger partial charge in [0, 0.05) is 24.2 Å². The van der Waals surface area contributed by atoms with E-state index < -0.39 is 0 Å². The van der Waals surface area contributed by atoms with Gasteiger partial charge in [0.25, 0.3) is 5.91 Å². The second kappa shape index (κ2) is 6.12. The Hall–Kier alpha value is -2.10. The number of aromatic nitrogens is 1. The molecule has 4 heteroatoms. The molecule has 0 spiro atoms. The summed E-state index contributed by atoms with van der Waals surface area (Å²) < 4.78 is 1.95. The maximum Gasteiger partial charge on any atom is 0.256 e. The van der Waals surface area contributed by atoms with Crippen molar-refractivity contribution in [3.05, 3.63) is 45.7 Å². The first kappa shape index (κ1) is 15.3. The first-order valence-corrected chi connectivity index (χ1v) is 7.42. The molecule has 0 aliphatic carbocycles. The molecule has 1 heterocycles. The molecule has 0 saturated heterocycles. The van der Waals surface area contributed by atoms with Crippen LogP contribution in [0.15, 0.2) is 29.2 Å². The number of hydrogen-bond donors (Lipinski definition) is 1. The summed E-state index contributed by atoms with van der Waals surface area (Å²) >= 11 is 0. The van der Waals surface area contributed by atoms with Crippen LogP contribution in [-0.2, 0) is 6.54 Å². The molecular formula is C17H22N2O2. The molecule has 0 radical (unpaired) electrons. The third kappa shape index (κ3) is 2.99. The normalized spacial score (nSPS) is 12.4. The largest absolute Gasteiger partial charge is 0.349 e. The van der Waals surface area contributed by atoms with Gasteiger partial charge in [-0.05, 0) is 39.3 Å². The molecule has 2 aromatic rings. The third-order valence-corrected chi connectivity index (χ3v) is 3.81. The lowest BCUT2D eigenvalue weighted by Gasteiger charge is -2.14. The van der Waals surface area contributed by atoms with Crippen molar-refractivity contribution in [1.29, 1.82) is 0 Å². The van der Waals surface area contributed by atoms with Crippen LogP contribution in [0.4, 0.5) is 0 Å². The highest BCUT2D eigenvalue weighted by Crippen LogP contribution is 2.14. The van der Waals surface area contributed by atoms with Crippen LogP contribution in [0.25, 0.3) is 10.9 Å². The summed E-state index contributed by atoms with van der Waals surface area (Å²) in [5.74, 6) is -0.292. The number of aryl methyl sites for hydroxylation is 2. The predicted octanol–water partition coefficient (Wildman–Crippen LogP) is 2.86. The summed E-state index contributed by atoms with van der Waals surface area (Å²) in [4.78, 5) is 24.9. The van der Waals surface area contributed by atoms with E-state index in [2.05, 4.69) is 5.32 Å². The Kier molecular flexibility index (Phi) is 4.46. The number of nitrogens with one attached hydrogen (secondary N) is 1. The van der Waals surface area contributed by atoms with Crippen LogP contribution in [0, 0.1) is 6.92 Å². The average molecular weight is 286 g/mol. The fraction of sp³-hybridized carbons (Fsp3) is 0.412. The number of rotatable bonds is 4. The van der Waals surface area contributed by atoms with Crippen molar-refractivity contribution in [2.75, 3.05) is 0 Å². The fourth-order valence-electron chi connectivity index (χ4n) is 2.34. The van der Waals surface area contributed by atoms with Gasteiger partial charge in [-0.2, -0.15) is 0 Å². The van der Waals surface area contributed by atoms with E-state index in [1.807, 2.05) is 50.5 Å². The Morgan fingerprint density at radius 1 is 1.33 bits per heavy atom. The molecule has 0 aliphatic heterocycles. The summed E-state index contributed by atoms with van der Waals surface area (Å²) in [7, 11) is 0. The zero-order valence-electron chi connectivity index (χ0n) is 13.1. The summed E-state index contributed by atoms with van der Waals surface area (Å²) in [5, 5.41) is 3.47.